The Hall–Kier alpha value is -2.31. The number of hydrogen-bond donors (Lipinski definition) is 0. The minimum absolute atomic E-state index is 0.0373. The van der Waals surface area contributed by atoms with Gasteiger partial charge in [-0.15, -0.1) is 0 Å². The van der Waals surface area contributed by atoms with Crippen LogP contribution in [0.25, 0.3) is 0 Å². The highest BCUT2D eigenvalue weighted by Crippen LogP contribution is 2.23. The summed E-state index contributed by atoms with van der Waals surface area (Å²) in [6.45, 7) is 7.03. The molecule has 0 saturated carbocycles. The molecule has 0 N–H and O–H groups in total. The molecular formula is C15H20N6O. The minimum Gasteiger partial charge on any atom is -0.335 e. The van der Waals surface area contributed by atoms with Crippen molar-refractivity contribution in [1.29, 1.82) is 0 Å². The van der Waals surface area contributed by atoms with Gasteiger partial charge in [0, 0.05) is 19.3 Å². The lowest BCUT2D eigenvalue weighted by atomic mass is 10.1. The van der Waals surface area contributed by atoms with E-state index in [-0.39, 0.29) is 11.9 Å². The summed E-state index contributed by atoms with van der Waals surface area (Å²) in [7, 11) is 0. The molecule has 0 aromatic carbocycles. The molecular weight excluding hydrogens is 280 g/mol. The Balaban J connectivity index is 1.78. The molecule has 1 saturated heterocycles. The standard InChI is InChI=1S/C15H20N6O/c1-10-16-7-6-14(18-10)15(22)20-8-4-5-13(9-20)21-12(3)17-11(2)19-21/h6-7,13H,4-5,8-9H2,1-3H3/t13-/m1/s1. The average Bonchev–Trinajstić information content (AvgIpc) is 2.85. The first kappa shape index (κ1) is 14.6. The molecule has 1 amide bonds. The molecule has 7 nitrogen and oxygen atoms in total. The second kappa shape index (κ2) is 5.82. The highest BCUT2D eigenvalue weighted by molar-refractivity contribution is 5.92. The predicted octanol–water partition coefficient (Wildman–Crippen LogP) is 1.47. The number of hydrogen-bond acceptors (Lipinski definition) is 5. The van der Waals surface area contributed by atoms with Gasteiger partial charge in [-0.3, -0.25) is 4.79 Å². The van der Waals surface area contributed by atoms with Crippen LogP contribution in [0.2, 0.25) is 0 Å². The second-order valence-electron chi connectivity index (χ2n) is 5.69. The summed E-state index contributed by atoms with van der Waals surface area (Å²) in [5.41, 5.74) is 0.458. The van der Waals surface area contributed by atoms with E-state index in [0.717, 1.165) is 31.0 Å². The summed E-state index contributed by atoms with van der Waals surface area (Å²) in [4.78, 5) is 27.1. The van der Waals surface area contributed by atoms with Crippen LogP contribution in [0, 0.1) is 20.8 Å². The van der Waals surface area contributed by atoms with E-state index in [1.54, 1.807) is 19.2 Å². The number of carbonyl (C=O) groups excluding carboxylic acids is 1. The molecule has 3 heterocycles. The molecule has 1 aliphatic rings. The fraction of sp³-hybridized carbons (Fsp3) is 0.533. The maximum Gasteiger partial charge on any atom is 0.272 e. The number of rotatable bonds is 2. The van der Waals surface area contributed by atoms with Crippen LogP contribution >= 0.6 is 0 Å². The van der Waals surface area contributed by atoms with Crippen molar-refractivity contribution in [3.8, 4) is 0 Å². The molecule has 1 aliphatic heterocycles. The first-order valence-corrected chi connectivity index (χ1v) is 7.53. The number of aryl methyl sites for hydroxylation is 3. The van der Waals surface area contributed by atoms with Crippen molar-refractivity contribution < 1.29 is 4.79 Å². The van der Waals surface area contributed by atoms with Crippen molar-refractivity contribution in [2.75, 3.05) is 13.1 Å². The van der Waals surface area contributed by atoms with Crippen LogP contribution in [0.15, 0.2) is 12.3 Å². The SMILES string of the molecule is Cc1nccc(C(=O)N2CCC[C@@H](n3nc(C)nc3C)C2)n1. The lowest BCUT2D eigenvalue weighted by molar-refractivity contribution is 0.0665. The van der Waals surface area contributed by atoms with Crippen LogP contribution in [-0.4, -0.2) is 48.6 Å². The summed E-state index contributed by atoms with van der Waals surface area (Å²) >= 11 is 0. The summed E-state index contributed by atoms with van der Waals surface area (Å²) in [5.74, 6) is 2.24. The zero-order valence-corrected chi connectivity index (χ0v) is 13.2. The molecule has 2 aromatic heterocycles. The van der Waals surface area contributed by atoms with Gasteiger partial charge >= 0.3 is 0 Å². The molecule has 2 aromatic rings. The Morgan fingerprint density at radius 2 is 2.05 bits per heavy atom. The van der Waals surface area contributed by atoms with Gasteiger partial charge in [-0.2, -0.15) is 5.10 Å². The summed E-state index contributed by atoms with van der Waals surface area (Å²) in [6.07, 6.45) is 3.59. The molecule has 7 heteroatoms. The summed E-state index contributed by atoms with van der Waals surface area (Å²) in [6, 6.07) is 1.85. The van der Waals surface area contributed by atoms with Crippen molar-refractivity contribution in [3.63, 3.8) is 0 Å². The van der Waals surface area contributed by atoms with Crippen LogP contribution < -0.4 is 0 Å². The van der Waals surface area contributed by atoms with E-state index >= 15 is 0 Å². The molecule has 1 atom stereocenters. The zero-order valence-electron chi connectivity index (χ0n) is 13.2. The third-order valence-electron chi connectivity index (χ3n) is 3.93. The highest BCUT2D eigenvalue weighted by atomic mass is 16.2. The summed E-state index contributed by atoms with van der Waals surface area (Å²) in [5, 5.41) is 4.46. The van der Waals surface area contributed by atoms with Crippen LogP contribution in [0.1, 0.15) is 46.8 Å². The van der Waals surface area contributed by atoms with Crippen molar-refractivity contribution in [2.45, 2.75) is 39.7 Å². The van der Waals surface area contributed by atoms with E-state index in [0.29, 0.717) is 18.1 Å². The molecule has 0 spiro atoms. The first-order valence-electron chi connectivity index (χ1n) is 7.53. The molecule has 0 bridgehead atoms. The van der Waals surface area contributed by atoms with E-state index in [1.807, 2.05) is 23.4 Å². The number of nitrogens with zero attached hydrogens (tertiary/aromatic N) is 6. The van der Waals surface area contributed by atoms with E-state index < -0.39 is 0 Å². The summed E-state index contributed by atoms with van der Waals surface area (Å²) < 4.78 is 1.94. The topological polar surface area (TPSA) is 76.8 Å². The fourth-order valence-corrected chi connectivity index (χ4v) is 2.96. The molecule has 116 valence electrons. The van der Waals surface area contributed by atoms with E-state index in [9.17, 15) is 4.79 Å². The Morgan fingerprint density at radius 3 is 2.73 bits per heavy atom. The normalized spacial score (nSPS) is 18.5. The van der Waals surface area contributed by atoms with Gasteiger partial charge in [0.05, 0.1) is 6.04 Å². The van der Waals surface area contributed by atoms with Crippen molar-refractivity contribution in [3.05, 3.63) is 35.4 Å². The number of likely N-dealkylation sites (tertiary alicyclic amines) is 1. The van der Waals surface area contributed by atoms with E-state index in [4.69, 9.17) is 0 Å². The third kappa shape index (κ3) is 2.84. The van der Waals surface area contributed by atoms with Crippen LogP contribution in [0.5, 0.6) is 0 Å². The van der Waals surface area contributed by atoms with Gasteiger partial charge in [-0.05, 0) is 39.7 Å². The van der Waals surface area contributed by atoms with Gasteiger partial charge in [0.25, 0.3) is 5.91 Å². The van der Waals surface area contributed by atoms with Gasteiger partial charge in [0.2, 0.25) is 0 Å². The average molecular weight is 300 g/mol. The fourth-order valence-electron chi connectivity index (χ4n) is 2.96. The van der Waals surface area contributed by atoms with E-state index in [1.165, 1.54) is 0 Å². The predicted molar refractivity (Wildman–Crippen MR) is 80.4 cm³/mol. The molecule has 0 unspecified atom stereocenters. The molecule has 3 rings (SSSR count). The van der Waals surface area contributed by atoms with Crippen LogP contribution in [-0.2, 0) is 0 Å². The molecule has 1 fully saturated rings. The largest absolute Gasteiger partial charge is 0.335 e. The van der Waals surface area contributed by atoms with E-state index in [2.05, 4.69) is 20.1 Å². The first-order chi connectivity index (χ1) is 10.5. The highest BCUT2D eigenvalue weighted by Gasteiger charge is 2.27. The van der Waals surface area contributed by atoms with Gasteiger partial charge in [0.1, 0.15) is 23.2 Å². The van der Waals surface area contributed by atoms with Crippen molar-refractivity contribution in [1.82, 2.24) is 29.6 Å². The van der Waals surface area contributed by atoms with Gasteiger partial charge in [-0.1, -0.05) is 0 Å². The smallest absolute Gasteiger partial charge is 0.272 e. The van der Waals surface area contributed by atoms with Gasteiger partial charge in [0.15, 0.2) is 0 Å². The Morgan fingerprint density at radius 1 is 1.23 bits per heavy atom. The van der Waals surface area contributed by atoms with Crippen LogP contribution in [0.4, 0.5) is 0 Å². The lowest BCUT2D eigenvalue weighted by Gasteiger charge is -2.32. The monoisotopic (exact) mass is 300 g/mol. The number of aromatic nitrogens is 5. The van der Waals surface area contributed by atoms with Gasteiger partial charge in [-0.25, -0.2) is 19.6 Å². The third-order valence-corrected chi connectivity index (χ3v) is 3.93. The Bertz CT molecular complexity index is 695. The molecule has 22 heavy (non-hydrogen) atoms. The van der Waals surface area contributed by atoms with Crippen LogP contribution in [0.3, 0.4) is 0 Å². The van der Waals surface area contributed by atoms with Gasteiger partial charge < -0.3 is 4.90 Å². The zero-order chi connectivity index (χ0) is 15.7. The lowest BCUT2D eigenvalue weighted by Crippen LogP contribution is -2.41. The maximum atomic E-state index is 12.6. The maximum absolute atomic E-state index is 12.6. The second-order valence-corrected chi connectivity index (χ2v) is 5.69. The van der Waals surface area contributed by atoms with Crippen molar-refractivity contribution >= 4 is 5.91 Å². The number of piperidine rings is 1. The van der Waals surface area contributed by atoms with Crippen molar-refractivity contribution in [2.24, 2.45) is 0 Å². The minimum atomic E-state index is -0.0373. The molecule has 0 radical (unpaired) electrons. The molecule has 0 aliphatic carbocycles. The Kier molecular flexibility index (Phi) is 3.87. The Labute approximate surface area is 129 Å². The number of amides is 1. The number of carbonyl (C=O) groups is 1. The quantitative estimate of drug-likeness (QED) is 0.839.